The fourth-order valence-electron chi connectivity index (χ4n) is 4.08. The van der Waals surface area contributed by atoms with Gasteiger partial charge in [-0.05, 0) is 47.5 Å². The third-order valence-corrected chi connectivity index (χ3v) is 6.45. The summed E-state index contributed by atoms with van der Waals surface area (Å²) >= 11 is 5.99. The molecule has 0 spiro atoms. The first kappa shape index (κ1) is 26.5. The zero-order valence-electron chi connectivity index (χ0n) is 20.3. The van der Waals surface area contributed by atoms with Gasteiger partial charge in [0.15, 0.2) is 12.2 Å². The lowest BCUT2D eigenvalue weighted by Crippen LogP contribution is -2.55. The molecule has 8 nitrogen and oxygen atoms in total. The number of ether oxygens (including phenoxy) is 1. The van der Waals surface area contributed by atoms with Gasteiger partial charge in [-0.15, -0.1) is 0 Å². The Balaban J connectivity index is 1.21. The molecule has 9 heteroatoms. The van der Waals surface area contributed by atoms with E-state index < -0.39 is 24.0 Å². The van der Waals surface area contributed by atoms with Gasteiger partial charge < -0.3 is 30.1 Å². The van der Waals surface area contributed by atoms with Crippen LogP contribution in [0.4, 0.5) is 5.69 Å². The van der Waals surface area contributed by atoms with Crippen LogP contribution in [0.15, 0.2) is 78.9 Å². The highest BCUT2D eigenvalue weighted by atomic mass is 35.5. The molecule has 0 aromatic heterocycles. The van der Waals surface area contributed by atoms with Gasteiger partial charge in [0.1, 0.15) is 12.4 Å². The maximum Gasteiger partial charge on any atom is 0.254 e. The number of rotatable bonds is 9. The molecule has 3 aromatic carbocycles. The zero-order valence-corrected chi connectivity index (χ0v) is 21.1. The molecule has 1 aliphatic rings. The monoisotopic (exact) mass is 523 g/mol. The van der Waals surface area contributed by atoms with Crippen molar-refractivity contribution in [1.29, 1.82) is 0 Å². The van der Waals surface area contributed by atoms with Crippen molar-refractivity contribution in [1.82, 2.24) is 10.2 Å². The van der Waals surface area contributed by atoms with Crippen LogP contribution in [-0.4, -0.2) is 65.3 Å². The summed E-state index contributed by atoms with van der Waals surface area (Å²) in [5.74, 6) is -0.815. The van der Waals surface area contributed by atoms with E-state index in [0.717, 1.165) is 16.8 Å². The Morgan fingerprint density at radius 3 is 2.24 bits per heavy atom. The van der Waals surface area contributed by atoms with Crippen LogP contribution < -0.4 is 15.0 Å². The Labute approximate surface area is 221 Å². The quantitative estimate of drug-likeness (QED) is 0.398. The van der Waals surface area contributed by atoms with E-state index in [0.29, 0.717) is 43.6 Å². The summed E-state index contributed by atoms with van der Waals surface area (Å²) < 4.78 is 5.75. The third-order valence-electron chi connectivity index (χ3n) is 6.22. The van der Waals surface area contributed by atoms with Gasteiger partial charge in [-0.1, -0.05) is 54.1 Å². The minimum absolute atomic E-state index is 0.126. The Kier molecular flexibility index (Phi) is 9.00. The molecular formula is C28H30ClN3O5. The smallest absolute Gasteiger partial charge is 0.254 e. The molecule has 2 amide bonds. The minimum Gasteiger partial charge on any atom is -0.489 e. The molecule has 3 N–H and O–H groups in total. The molecule has 2 atom stereocenters. The van der Waals surface area contributed by atoms with Gasteiger partial charge >= 0.3 is 0 Å². The van der Waals surface area contributed by atoms with Gasteiger partial charge in [-0.25, -0.2) is 0 Å². The third kappa shape index (κ3) is 7.22. The highest BCUT2D eigenvalue weighted by Gasteiger charge is 2.34. The van der Waals surface area contributed by atoms with E-state index in [9.17, 15) is 19.8 Å². The number of benzene rings is 3. The number of hydrogen-bond donors (Lipinski definition) is 3. The number of anilines is 1. The standard InChI is InChI=1S/C28H30ClN3O5/c29-22-6-4-5-21(17-22)19-37-24-11-9-20(10-12-24)18-30-27(35)25(33)26(34)28(36)32-15-13-31(14-16-32)23-7-2-1-3-8-23/h1-12,17,25-26,33-34H,13-16,18-19H2,(H,30,35)/t25-,26-/m1/s1. The van der Waals surface area contributed by atoms with Crippen LogP contribution in [-0.2, 0) is 22.7 Å². The molecule has 0 bridgehead atoms. The fraction of sp³-hybridized carbons (Fsp3) is 0.286. The van der Waals surface area contributed by atoms with Gasteiger partial charge in [-0.2, -0.15) is 0 Å². The van der Waals surface area contributed by atoms with Crippen molar-refractivity contribution < 1.29 is 24.5 Å². The van der Waals surface area contributed by atoms with Crippen molar-refractivity contribution in [3.8, 4) is 5.75 Å². The molecule has 1 aliphatic heterocycles. The molecule has 0 radical (unpaired) electrons. The largest absolute Gasteiger partial charge is 0.489 e. The summed E-state index contributed by atoms with van der Waals surface area (Å²) in [5, 5.41) is 23.9. The summed E-state index contributed by atoms with van der Waals surface area (Å²) in [6.07, 6.45) is -3.69. The lowest BCUT2D eigenvalue weighted by molar-refractivity contribution is -0.153. The van der Waals surface area contributed by atoms with Crippen LogP contribution in [0.25, 0.3) is 0 Å². The molecule has 0 unspecified atom stereocenters. The number of amides is 2. The van der Waals surface area contributed by atoms with E-state index in [2.05, 4.69) is 10.2 Å². The molecule has 3 aromatic rings. The van der Waals surface area contributed by atoms with Gasteiger partial charge in [0, 0.05) is 43.4 Å². The Morgan fingerprint density at radius 2 is 1.57 bits per heavy atom. The molecule has 1 saturated heterocycles. The van der Waals surface area contributed by atoms with Crippen LogP contribution in [0.2, 0.25) is 5.02 Å². The van der Waals surface area contributed by atoms with E-state index in [4.69, 9.17) is 16.3 Å². The summed E-state index contributed by atoms with van der Waals surface area (Å²) in [4.78, 5) is 28.7. The van der Waals surface area contributed by atoms with Crippen LogP contribution in [0, 0.1) is 0 Å². The summed E-state index contributed by atoms with van der Waals surface area (Å²) in [6, 6.07) is 24.4. The molecule has 1 heterocycles. The van der Waals surface area contributed by atoms with E-state index in [1.165, 1.54) is 4.90 Å². The van der Waals surface area contributed by atoms with E-state index >= 15 is 0 Å². The number of carbonyl (C=O) groups is 2. The number of para-hydroxylation sites is 1. The second-order valence-electron chi connectivity index (χ2n) is 8.82. The van der Waals surface area contributed by atoms with Crippen LogP contribution in [0.1, 0.15) is 11.1 Å². The molecule has 37 heavy (non-hydrogen) atoms. The predicted octanol–water partition coefficient (Wildman–Crippen LogP) is 2.61. The maximum atomic E-state index is 12.7. The molecular weight excluding hydrogens is 494 g/mol. The average molecular weight is 524 g/mol. The number of nitrogens with one attached hydrogen (secondary N) is 1. The first-order chi connectivity index (χ1) is 17.9. The number of aliphatic hydroxyl groups is 2. The maximum absolute atomic E-state index is 12.7. The summed E-state index contributed by atoms with van der Waals surface area (Å²) in [5.41, 5.74) is 2.78. The number of halogens is 1. The molecule has 0 aliphatic carbocycles. The van der Waals surface area contributed by atoms with Crippen molar-refractivity contribution >= 4 is 29.1 Å². The van der Waals surface area contributed by atoms with Crippen LogP contribution >= 0.6 is 11.6 Å². The second-order valence-corrected chi connectivity index (χ2v) is 9.25. The van der Waals surface area contributed by atoms with Crippen molar-refractivity contribution in [2.24, 2.45) is 0 Å². The number of carbonyl (C=O) groups excluding carboxylic acids is 2. The van der Waals surface area contributed by atoms with Gasteiger partial charge in [0.2, 0.25) is 0 Å². The van der Waals surface area contributed by atoms with Gasteiger partial charge in [0.25, 0.3) is 11.8 Å². The van der Waals surface area contributed by atoms with E-state index in [1.54, 1.807) is 30.3 Å². The first-order valence-electron chi connectivity index (χ1n) is 12.1. The highest BCUT2D eigenvalue weighted by Crippen LogP contribution is 2.18. The molecule has 0 saturated carbocycles. The predicted molar refractivity (Wildman–Crippen MR) is 141 cm³/mol. The molecule has 194 valence electrons. The first-order valence-corrected chi connectivity index (χ1v) is 12.5. The van der Waals surface area contributed by atoms with Crippen molar-refractivity contribution in [3.63, 3.8) is 0 Å². The summed E-state index contributed by atoms with van der Waals surface area (Å²) in [6.45, 7) is 2.49. The average Bonchev–Trinajstić information content (AvgIpc) is 2.94. The van der Waals surface area contributed by atoms with Gasteiger partial charge in [-0.3, -0.25) is 9.59 Å². The zero-order chi connectivity index (χ0) is 26.2. The number of nitrogens with zero attached hydrogens (tertiary/aromatic N) is 2. The minimum atomic E-state index is -1.86. The number of hydrogen-bond acceptors (Lipinski definition) is 6. The van der Waals surface area contributed by atoms with Crippen molar-refractivity contribution in [3.05, 3.63) is 95.0 Å². The number of aliphatic hydroxyl groups excluding tert-OH is 2. The van der Waals surface area contributed by atoms with Crippen molar-refractivity contribution in [2.45, 2.75) is 25.4 Å². The fourth-order valence-corrected chi connectivity index (χ4v) is 4.29. The molecule has 4 rings (SSSR count). The Bertz CT molecular complexity index is 1180. The SMILES string of the molecule is O=C(NCc1ccc(OCc2cccc(Cl)c2)cc1)[C@H](O)[C@@H](O)C(=O)N1CCN(c2ccccc2)CC1. The summed E-state index contributed by atoms with van der Waals surface area (Å²) in [7, 11) is 0. The van der Waals surface area contributed by atoms with E-state index in [1.807, 2.05) is 48.5 Å². The lowest BCUT2D eigenvalue weighted by Gasteiger charge is -2.37. The molecule has 1 fully saturated rings. The Hall–Kier alpha value is -3.59. The topological polar surface area (TPSA) is 102 Å². The lowest BCUT2D eigenvalue weighted by atomic mass is 10.1. The van der Waals surface area contributed by atoms with E-state index in [-0.39, 0.29) is 6.54 Å². The normalized spacial score (nSPS) is 15.1. The van der Waals surface area contributed by atoms with Crippen LogP contribution in [0.5, 0.6) is 5.75 Å². The Morgan fingerprint density at radius 1 is 0.865 bits per heavy atom. The number of piperazine rings is 1. The van der Waals surface area contributed by atoms with Crippen molar-refractivity contribution in [2.75, 3.05) is 31.1 Å². The highest BCUT2D eigenvalue weighted by molar-refractivity contribution is 6.30. The van der Waals surface area contributed by atoms with Gasteiger partial charge in [0.05, 0.1) is 0 Å². The second kappa shape index (κ2) is 12.6. The van der Waals surface area contributed by atoms with Crippen LogP contribution in [0.3, 0.4) is 0 Å².